The summed E-state index contributed by atoms with van der Waals surface area (Å²) in [5, 5.41) is 1.14. The van der Waals surface area contributed by atoms with Gasteiger partial charge in [-0.15, -0.1) is 0 Å². The zero-order valence-electron chi connectivity index (χ0n) is 25.0. The molecular formula is C42H28N4. The highest BCUT2D eigenvalue weighted by Crippen LogP contribution is 2.32. The van der Waals surface area contributed by atoms with Crippen molar-refractivity contribution in [3.05, 3.63) is 170 Å². The van der Waals surface area contributed by atoms with Crippen molar-refractivity contribution in [3.8, 4) is 67.5 Å². The number of hydrogen-bond acceptors (Lipinski definition) is 4. The standard InChI is InChI=1S/C42H28N4/c1-3-10-33(11-4-1)40-44-41(34-12-5-2-6-13-34)46-42(45-40)35-25-21-30(22-26-35)37-16-7-15-36(28-37)29-19-23-31(24-20-29)38-18-8-14-32-17-9-27-43-39(32)38/h1-28H. The van der Waals surface area contributed by atoms with E-state index in [0.29, 0.717) is 17.5 Å². The topological polar surface area (TPSA) is 51.6 Å². The van der Waals surface area contributed by atoms with Gasteiger partial charge in [0, 0.05) is 33.8 Å². The van der Waals surface area contributed by atoms with Gasteiger partial charge in [-0.1, -0.05) is 152 Å². The fraction of sp³-hybridized carbons (Fsp3) is 0. The van der Waals surface area contributed by atoms with Crippen LogP contribution in [0.2, 0.25) is 0 Å². The highest BCUT2D eigenvalue weighted by atomic mass is 15.0. The third kappa shape index (κ3) is 5.44. The van der Waals surface area contributed by atoms with E-state index in [0.717, 1.165) is 49.8 Å². The van der Waals surface area contributed by atoms with Crippen molar-refractivity contribution in [2.45, 2.75) is 0 Å². The van der Waals surface area contributed by atoms with Crippen molar-refractivity contribution in [2.24, 2.45) is 0 Å². The van der Waals surface area contributed by atoms with Crippen LogP contribution in [0, 0.1) is 0 Å². The van der Waals surface area contributed by atoms with Crippen LogP contribution in [0.4, 0.5) is 0 Å². The maximum Gasteiger partial charge on any atom is 0.164 e. The molecule has 0 aliphatic rings. The minimum Gasteiger partial charge on any atom is -0.256 e. The molecule has 8 rings (SSSR count). The Morgan fingerprint density at radius 3 is 1.30 bits per heavy atom. The lowest BCUT2D eigenvalue weighted by molar-refractivity contribution is 1.07. The number of nitrogens with zero attached hydrogens (tertiary/aromatic N) is 4. The van der Waals surface area contributed by atoms with Crippen LogP contribution in [-0.2, 0) is 0 Å². The van der Waals surface area contributed by atoms with Crippen LogP contribution < -0.4 is 0 Å². The molecule has 0 saturated heterocycles. The Hall–Kier alpha value is -6.26. The van der Waals surface area contributed by atoms with E-state index in [1.165, 1.54) is 11.1 Å². The van der Waals surface area contributed by atoms with Gasteiger partial charge in [0.2, 0.25) is 0 Å². The summed E-state index contributed by atoms with van der Waals surface area (Å²) in [7, 11) is 0. The van der Waals surface area contributed by atoms with E-state index in [2.05, 4.69) is 102 Å². The first kappa shape index (κ1) is 27.3. The van der Waals surface area contributed by atoms with Gasteiger partial charge in [0.1, 0.15) is 0 Å². The number of hydrogen-bond donors (Lipinski definition) is 0. The molecule has 0 amide bonds. The van der Waals surface area contributed by atoms with Gasteiger partial charge in [0.15, 0.2) is 17.5 Å². The van der Waals surface area contributed by atoms with Crippen LogP contribution in [0.5, 0.6) is 0 Å². The van der Waals surface area contributed by atoms with Crippen LogP contribution >= 0.6 is 0 Å². The second-order valence-electron chi connectivity index (χ2n) is 11.2. The van der Waals surface area contributed by atoms with E-state index in [4.69, 9.17) is 15.0 Å². The van der Waals surface area contributed by atoms with E-state index in [-0.39, 0.29) is 0 Å². The SMILES string of the molecule is c1ccc(-c2nc(-c3ccccc3)nc(-c3ccc(-c4cccc(-c5ccc(-c6cccc7cccnc67)cc5)c4)cc3)n2)cc1. The largest absolute Gasteiger partial charge is 0.256 e. The van der Waals surface area contributed by atoms with Gasteiger partial charge in [-0.2, -0.15) is 0 Å². The van der Waals surface area contributed by atoms with Crippen LogP contribution in [0.15, 0.2) is 170 Å². The van der Waals surface area contributed by atoms with Gasteiger partial charge >= 0.3 is 0 Å². The molecule has 216 valence electrons. The third-order valence-corrected chi connectivity index (χ3v) is 8.20. The Kier molecular flexibility index (Phi) is 7.14. The first-order chi connectivity index (χ1) is 22.8. The summed E-state index contributed by atoms with van der Waals surface area (Å²) in [5.74, 6) is 1.96. The molecule has 0 saturated carbocycles. The molecule has 0 radical (unpaired) electrons. The fourth-order valence-corrected chi connectivity index (χ4v) is 5.81. The minimum atomic E-state index is 0.648. The van der Waals surface area contributed by atoms with Gasteiger partial charge in [0.25, 0.3) is 0 Å². The Labute approximate surface area is 267 Å². The molecule has 0 aliphatic carbocycles. The summed E-state index contributed by atoms with van der Waals surface area (Å²) in [6.45, 7) is 0. The highest BCUT2D eigenvalue weighted by Gasteiger charge is 2.13. The number of aromatic nitrogens is 4. The summed E-state index contributed by atoms with van der Waals surface area (Å²) in [5.41, 5.74) is 10.8. The molecule has 0 spiro atoms. The average molecular weight is 589 g/mol. The zero-order valence-corrected chi connectivity index (χ0v) is 25.0. The molecule has 2 aromatic heterocycles. The van der Waals surface area contributed by atoms with Crippen molar-refractivity contribution in [1.82, 2.24) is 19.9 Å². The summed E-state index contributed by atoms with van der Waals surface area (Å²) in [4.78, 5) is 19.2. The van der Waals surface area contributed by atoms with Crippen LogP contribution in [0.1, 0.15) is 0 Å². The van der Waals surface area contributed by atoms with Gasteiger partial charge in [-0.05, 0) is 39.9 Å². The van der Waals surface area contributed by atoms with Gasteiger partial charge in [0.05, 0.1) is 5.52 Å². The number of benzene rings is 6. The summed E-state index contributed by atoms with van der Waals surface area (Å²) in [6, 6.07) is 56.4. The number of para-hydroxylation sites is 1. The van der Waals surface area contributed by atoms with Crippen molar-refractivity contribution < 1.29 is 0 Å². The second-order valence-corrected chi connectivity index (χ2v) is 11.2. The molecule has 0 aliphatic heterocycles. The number of fused-ring (bicyclic) bond motifs is 1. The zero-order chi connectivity index (χ0) is 30.7. The monoisotopic (exact) mass is 588 g/mol. The predicted octanol–water partition coefficient (Wildman–Crippen LogP) is 10.4. The van der Waals surface area contributed by atoms with Crippen molar-refractivity contribution >= 4 is 10.9 Å². The molecule has 2 heterocycles. The molecule has 8 aromatic rings. The van der Waals surface area contributed by atoms with Gasteiger partial charge in [-0.3, -0.25) is 4.98 Å². The molecule has 4 heteroatoms. The quantitative estimate of drug-likeness (QED) is 0.194. The van der Waals surface area contributed by atoms with Gasteiger partial charge < -0.3 is 0 Å². The minimum absolute atomic E-state index is 0.648. The van der Waals surface area contributed by atoms with E-state index < -0.39 is 0 Å². The summed E-state index contributed by atoms with van der Waals surface area (Å²) >= 11 is 0. The van der Waals surface area contributed by atoms with E-state index in [1.807, 2.05) is 72.9 Å². The summed E-state index contributed by atoms with van der Waals surface area (Å²) < 4.78 is 0. The summed E-state index contributed by atoms with van der Waals surface area (Å²) in [6.07, 6.45) is 1.85. The molecule has 46 heavy (non-hydrogen) atoms. The van der Waals surface area contributed by atoms with Crippen LogP contribution in [0.3, 0.4) is 0 Å². The molecule has 6 aromatic carbocycles. The van der Waals surface area contributed by atoms with Crippen LogP contribution in [0.25, 0.3) is 78.4 Å². The Morgan fingerprint density at radius 2 is 0.739 bits per heavy atom. The molecule has 0 fully saturated rings. The molecular weight excluding hydrogens is 560 g/mol. The maximum atomic E-state index is 4.88. The molecule has 4 nitrogen and oxygen atoms in total. The fourth-order valence-electron chi connectivity index (χ4n) is 5.81. The maximum absolute atomic E-state index is 4.88. The Bertz CT molecular complexity index is 2220. The lowest BCUT2D eigenvalue weighted by atomic mass is 9.96. The van der Waals surface area contributed by atoms with E-state index in [1.54, 1.807) is 0 Å². The lowest BCUT2D eigenvalue weighted by Gasteiger charge is -2.10. The normalized spacial score (nSPS) is 11.0. The lowest BCUT2D eigenvalue weighted by Crippen LogP contribution is -2.00. The van der Waals surface area contributed by atoms with Crippen molar-refractivity contribution in [3.63, 3.8) is 0 Å². The number of rotatable bonds is 6. The van der Waals surface area contributed by atoms with E-state index >= 15 is 0 Å². The first-order valence-corrected chi connectivity index (χ1v) is 15.3. The Morgan fingerprint density at radius 1 is 0.304 bits per heavy atom. The number of pyridine rings is 1. The predicted molar refractivity (Wildman–Crippen MR) is 188 cm³/mol. The Balaban J connectivity index is 1.09. The van der Waals surface area contributed by atoms with E-state index in [9.17, 15) is 0 Å². The van der Waals surface area contributed by atoms with Crippen molar-refractivity contribution in [1.29, 1.82) is 0 Å². The molecule has 0 bridgehead atoms. The molecule has 0 atom stereocenters. The third-order valence-electron chi connectivity index (χ3n) is 8.20. The second kappa shape index (κ2) is 12.0. The smallest absolute Gasteiger partial charge is 0.164 e. The van der Waals surface area contributed by atoms with Gasteiger partial charge in [-0.25, -0.2) is 15.0 Å². The van der Waals surface area contributed by atoms with Crippen molar-refractivity contribution in [2.75, 3.05) is 0 Å². The molecule has 0 unspecified atom stereocenters. The van der Waals surface area contributed by atoms with Crippen LogP contribution in [-0.4, -0.2) is 19.9 Å². The average Bonchev–Trinajstić information content (AvgIpc) is 3.15. The molecule has 0 N–H and O–H groups in total. The highest BCUT2D eigenvalue weighted by molar-refractivity contribution is 5.93. The first-order valence-electron chi connectivity index (χ1n) is 15.3.